The highest BCUT2D eigenvalue weighted by Gasteiger charge is 2.36. The number of rotatable bonds is 4. The largest absolute Gasteiger partial charge is 0.361 e. The van der Waals surface area contributed by atoms with E-state index in [1.807, 2.05) is 47.4 Å². The van der Waals surface area contributed by atoms with Crippen LogP contribution < -0.4 is 5.32 Å². The Balaban J connectivity index is 1.71. The second-order valence-electron chi connectivity index (χ2n) is 6.87. The number of amides is 1. The Hall–Kier alpha value is -3.07. The van der Waals surface area contributed by atoms with Gasteiger partial charge in [0.05, 0.1) is 0 Å². The summed E-state index contributed by atoms with van der Waals surface area (Å²) in [4.78, 5) is 14.9. The van der Waals surface area contributed by atoms with Gasteiger partial charge in [-0.25, -0.2) is 0 Å². The Morgan fingerprint density at radius 1 is 0.923 bits per heavy atom. The number of carbonyl (C=O) groups excluding carboxylic acids is 1. The molecule has 1 amide bonds. The summed E-state index contributed by atoms with van der Waals surface area (Å²) in [5.74, 6) is 0.0757. The van der Waals surface area contributed by atoms with E-state index in [0.717, 1.165) is 22.4 Å². The topological polar surface area (TPSA) is 32.3 Å². The third-order valence-corrected chi connectivity index (χ3v) is 4.93. The number of nitrogens with one attached hydrogen (secondary N) is 1. The van der Waals surface area contributed by atoms with Gasteiger partial charge in [0.2, 0.25) is 0 Å². The van der Waals surface area contributed by atoms with Crippen LogP contribution in [-0.4, -0.2) is 10.8 Å². The summed E-state index contributed by atoms with van der Waals surface area (Å²) in [6.07, 6.45) is -0.166. The van der Waals surface area contributed by atoms with Gasteiger partial charge in [-0.2, -0.15) is 0 Å². The highest BCUT2D eigenvalue weighted by atomic mass is 16.2. The number of aryl methyl sites for hydroxylation is 2. The maximum Gasteiger partial charge on any atom is 0.256 e. The summed E-state index contributed by atoms with van der Waals surface area (Å²) in [6, 6.07) is 24.4. The quantitative estimate of drug-likeness (QED) is 0.718. The highest BCUT2D eigenvalue weighted by molar-refractivity contribution is 5.99. The first-order valence-corrected chi connectivity index (χ1v) is 8.91. The van der Waals surface area contributed by atoms with Crippen molar-refractivity contribution in [2.45, 2.75) is 26.6 Å². The van der Waals surface area contributed by atoms with Crippen LogP contribution >= 0.6 is 0 Å². The summed E-state index contributed by atoms with van der Waals surface area (Å²) in [7, 11) is 0. The minimum Gasteiger partial charge on any atom is -0.361 e. The van der Waals surface area contributed by atoms with Crippen LogP contribution in [-0.2, 0) is 6.54 Å². The van der Waals surface area contributed by atoms with E-state index in [1.54, 1.807) is 0 Å². The van der Waals surface area contributed by atoms with Crippen LogP contribution in [0.5, 0.6) is 0 Å². The second kappa shape index (κ2) is 6.68. The Labute approximate surface area is 154 Å². The molecular weight excluding hydrogens is 320 g/mol. The maximum atomic E-state index is 13.0. The summed E-state index contributed by atoms with van der Waals surface area (Å²) >= 11 is 0. The molecule has 0 saturated carbocycles. The maximum absolute atomic E-state index is 13.0. The molecule has 130 valence electrons. The van der Waals surface area contributed by atoms with Crippen LogP contribution in [0.4, 0.5) is 5.69 Å². The van der Waals surface area contributed by atoms with Gasteiger partial charge in [0.25, 0.3) is 5.91 Å². The number of hydrogen-bond donors (Lipinski definition) is 1. The van der Waals surface area contributed by atoms with Gasteiger partial charge in [-0.15, -0.1) is 0 Å². The molecule has 4 rings (SSSR count). The minimum atomic E-state index is -0.166. The number of benzene rings is 3. The van der Waals surface area contributed by atoms with E-state index in [0.29, 0.717) is 6.54 Å². The zero-order valence-electron chi connectivity index (χ0n) is 15.1. The van der Waals surface area contributed by atoms with E-state index < -0.39 is 0 Å². The molecule has 0 aromatic heterocycles. The van der Waals surface area contributed by atoms with E-state index in [1.165, 1.54) is 11.1 Å². The van der Waals surface area contributed by atoms with Crippen molar-refractivity contribution in [2.75, 3.05) is 5.32 Å². The zero-order valence-corrected chi connectivity index (χ0v) is 15.1. The van der Waals surface area contributed by atoms with Crippen molar-refractivity contribution < 1.29 is 4.79 Å². The van der Waals surface area contributed by atoms with Crippen LogP contribution in [0, 0.1) is 13.8 Å². The number of anilines is 1. The molecule has 3 nitrogen and oxygen atoms in total. The van der Waals surface area contributed by atoms with Gasteiger partial charge in [-0.05, 0) is 37.1 Å². The smallest absolute Gasteiger partial charge is 0.256 e. The van der Waals surface area contributed by atoms with Crippen molar-refractivity contribution in [3.05, 3.63) is 101 Å². The third kappa shape index (κ3) is 2.97. The summed E-state index contributed by atoms with van der Waals surface area (Å²) in [5, 5.41) is 3.60. The number of hydrogen-bond acceptors (Lipinski definition) is 2. The van der Waals surface area contributed by atoms with E-state index in [4.69, 9.17) is 0 Å². The Morgan fingerprint density at radius 2 is 1.65 bits per heavy atom. The van der Waals surface area contributed by atoms with Crippen LogP contribution in [0.25, 0.3) is 0 Å². The third-order valence-electron chi connectivity index (χ3n) is 4.93. The fourth-order valence-corrected chi connectivity index (χ4v) is 3.59. The van der Waals surface area contributed by atoms with Gasteiger partial charge in [0, 0.05) is 23.4 Å². The van der Waals surface area contributed by atoms with Crippen LogP contribution in [0.3, 0.4) is 0 Å². The monoisotopic (exact) mass is 342 g/mol. The fourth-order valence-electron chi connectivity index (χ4n) is 3.59. The molecule has 1 atom stereocenters. The van der Waals surface area contributed by atoms with E-state index in [-0.39, 0.29) is 12.1 Å². The van der Waals surface area contributed by atoms with E-state index in [9.17, 15) is 4.79 Å². The lowest BCUT2D eigenvalue weighted by molar-refractivity contribution is 0.0728. The zero-order chi connectivity index (χ0) is 18.1. The first-order valence-electron chi connectivity index (χ1n) is 8.91. The minimum absolute atomic E-state index is 0.0757. The molecule has 0 radical (unpaired) electrons. The molecule has 0 aliphatic carbocycles. The SMILES string of the molecule is Cc1ccc(NC2c3ccccc3C(=O)N2Cc2ccccc2)c(C)c1. The molecule has 0 bridgehead atoms. The molecule has 1 N–H and O–H groups in total. The summed E-state index contributed by atoms with van der Waals surface area (Å²) < 4.78 is 0. The molecule has 0 spiro atoms. The average Bonchev–Trinajstić information content (AvgIpc) is 2.91. The van der Waals surface area contributed by atoms with Crippen molar-refractivity contribution >= 4 is 11.6 Å². The molecule has 26 heavy (non-hydrogen) atoms. The second-order valence-corrected chi connectivity index (χ2v) is 6.87. The van der Waals surface area contributed by atoms with Crippen LogP contribution in [0.2, 0.25) is 0 Å². The van der Waals surface area contributed by atoms with E-state index in [2.05, 4.69) is 49.5 Å². The first kappa shape index (κ1) is 16.4. The molecule has 1 heterocycles. The lowest BCUT2D eigenvalue weighted by Gasteiger charge is -2.28. The molecule has 1 aliphatic rings. The van der Waals surface area contributed by atoms with Gasteiger partial charge >= 0.3 is 0 Å². The highest BCUT2D eigenvalue weighted by Crippen LogP contribution is 2.36. The van der Waals surface area contributed by atoms with E-state index >= 15 is 0 Å². The lowest BCUT2D eigenvalue weighted by Crippen LogP contribution is -2.32. The number of carbonyl (C=O) groups is 1. The average molecular weight is 342 g/mol. The van der Waals surface area contributed by atoms with Crippen molar-refractivity contribution in [1.82, 2.24) is 4.90 Å². The predicted octanol–water partition coefficient (Wildman–Crippen LogP) is 5.07. The predicted molar refractivity (Wildman–Crippen MR) is 105 cm³/mol. The van der Waals surface area contributed by atoms with Crippen molar-refractivity contribution in [3.8, 4) is 0 Å². The molecule has 3 aromatic rings. The molecule has 3 heteroatoms. The molecular formula is C23H22N2O. The van der Waals surface area contributed by atoms with Gasteiger partial charge in [0.1, 0.15) is 6.17 Å². The summed E-state index contributed by atoms with van der Waals surface area (Å²) in [5.41, 5.74) is 6.42. The Morgan fingerprint density at radius 3 is 2.42 bits per heavy atom. The standard InChI is InChI=1S/C23H22N2O/c1-16-12-13-21(17(2)14-16)24-22-19-10-6-7-11-20(19)23(26)25(22)15-18-8-4-3-5-9-18/h3-14,22,24H,15H2,1-2H3. The molecule has 1 aliphatic heterocycles. The lowest BCUT2D eigenvalue weighted by atomic mass is 10.1. The van der Waals surface area contributed by atoms with Crippen LogP contribution in [0.1, 0.15) is 38.8 Å². The molecule has 3 aromatic carbocycles. The molecule has 0 saturated heterocycles. The summed E-state index contributed by atoms with van der Waals surface area (Å²) in [6.45, 7) is 4.77. The van der Waals surface area contributed by atoms with Crippen LogP contribution in [0.15, 0.2) is 72.8 Å². The van der Waals surface area contributed by atoms with Gasteiger partial charge in [-0.1, -0.05) is 66.2 Å². The Kier molecular flexibility index (Phi) is 4.21. The van der Waals surface area contributed by atoms with Gasteiger partial charge in [-0.3, -0.25) is 4.79 Å². The normalized spacial score (nSPS) is 15.8. The fraction of sp³-hybridized carbons (Fsp3) is 0.174. The first-order chi connectivity index (χ1) is 12.6. The molecule has 1 unspecified atom stereocenters. The van der Waals surface area contributed by atoms with Gasteiger partial charge < -0.3 is 10.2 Å². The van der Waals surface area contributed by atoms with Crippen molar-refractivity contribution in [1.29, 1.82) is 0 Å². The van der Waals surface area contributed by atoms with Gasteiger partial charge in [0.15, 0.2) is 0 Å². The molecule has 0 fully saturated rings. The Bertz CT molecular complexity index is 949. The number of nitrogens with zero attached hydrogens (tertiary/aromatic N) is 1. The number of fused-ring (bicyclic) bond motifs is 1. The van der Waals surface area contributed by atoms with Crippen molar-refractivity contribution in [2.24, 2.45) is 0 Å². The van der Waals surface area contributed by atoms with Crippen molar-refractivity contribution in [3.63, 3.8) is 0 Å².